The summed E-state index contributed by atoms with van der Waals surface area (Å²) in [5, 5.41) is 19.9. The summed E-state index contributed by atoms with van der Waals surface area (Å²) in [4.78, 5) is 14.9. The van der Waals surface area contributed by atoms with Crippen LogP contribution in [0.1, 0.15) is 29.6 Å². The number of H-pyrrole nitrogens is 1. The highest BCUT2D eigenvalue weighted by Crippen LogP contribution is 2.24. The zero-order chi connectivity index (χ0) is 21.0. The third kappa shape index (κ3) is 4.20. The second-order valence-corrected chi connectivity index (χ2v) is 7.87. The van der Waals surface area contributed by atoms with Gasteiger partial charge in [-0.2, -0.15) is 5.10 Å². The molecule has 0 saturated carbocycles. The molecule has 31 heavy (non-hydrogen) atoms. The number of aromatic nitrogens is 5. The third-order valence-corrected chi connectivity index (χ3v) is 5.76. The van der Waals surface area contributed by atoms with Gasteiger partial charge in [-0.1, -0.05) is 29.8 Å². The second-order valence-electron chi connectivity index (χ2n) is 7.87. The van der Waals surface area contributed by atoms with Crippen LogP contribution in [0.2, 0.25) is 0 Å². The number of aromatic amines is 1. The highest BCUT2D eigenvalue weighted by atomic mass is 16.1. The number of rotatable bonds is 6. The molecule has 1 aliphatic rings. The molecule has 0 bridgehead atoms. The third-order valence-electron chi connectivity index (χ3n) is 5.76. The molecular weight excluding hydrogens is 390 g/mol. The number of benzene rings is 2. The lowest BCUT2D eigenvalue weighted by Crippen LogP contribution is -2.37. The van der Waals surface area contributed by atoms with E-state index in [-0.39, 0.29) is 5.91 Å². The van der Waals surface area contributed by atoms with Gasteiger partial charge < -0.3 is 10.2 Å². The molecule has 0 atom stereocenters. The summed E-state index contributed by atoms with van der Waals surface area (Å²) in [6.07, 6.45) is 5.68. The van der Waals surface area contributed by atoms with E-state index in [2.05, 4.69) is 30.7 Å². The fourth-order valence-electron chi connectivity index (χ4n) is 4.04. The van der Waals surface area contributed by atoms with Crippen molar-refractivity contribution in [3.05, 3.63) is 60.3 Å². The van der Waals surface area contributed by atoms with Gasteiger partial charge in [0.15, 0.2) is 0 Å². The lowest BCUT2D eigenvalue weighted by atomic mass is 10.1. The van der Waals surface area contributed by atoms with E-state index in [1.165, 1.54) is 19.3 Å². The lowest BCUT2D eigenvalue weighted by molar-refractivity contribution is 0.0946. The van der Waals surface area contributed by atoms with Crippen molar-refractivity contribution in [3.63, 3.8) is 0 Å². The number of hydrogen-bond acceptors (Lipinski definition) is 5. The molecule has 0 aliphatic carbocycles. The fraction of sp³-hybridized carbons (Fsp3) is 0.304. The molecular formula is C23H25N7O. The molecule has 3 heterocycles. The Morgan fingerprint density at radius 1 is 1.03 bits per heavy atom. The van der Waals surface area contributed by atoms with Crippen molar-refractivity contribution in [1.29, 1.82) is 0 Å². The quantitative estimate of drug-likeness (QED) is 0.505. The minimum absolute atomic E-state index is 0.0502. The van der Waals surface area contributed by atoms with Crippen molar-refractivity contribution < 1.29 is 4.79 Å². The van der Waals surface area contributed by atoms with Gasteiger partial charge in [0.1, 0.15) is 11.4 Å². The van der Waals surface area contributed by atoms with E-state index in [0.29, 0.717) is 17.8 Å². The summed E-state index contributed by atoms with van der Waals surface area (Å²) >= 11 is 0. The maximum atomic E-state index is 12.4. The number of nitrogens with zero attached hydrogens (tertiary/aromatic N) is 5. The Morgan fingerprint density at radius 2 is 1.84 bits per heavy atom. The number of para-hydroxylation sites is 1. The van der Waals surface area contributed by atoms with Crippen molar-refractivity contribution in [2.24, 2.45) is 0 Å². The van der Waals surface area contributed by atoms with Crippen LogP contribution in [0.25, 0.3) is 28.0 Å². The lowest BCUT2D eigenvalue weighted by Gasteiger charge is -2.26. The van der Waals surface area contributed by atoms with E-state index < -0.39 is 0 Å². The van der Waals surface area contributed by atoms with Gasteiger partial charge in [0, 0.05) is 24.0 Å². The number of carbonyl (C=O) groups excluding carboxylic acids is 1. The van der Waals surface area contributed by atoms with Gasteiger partial charge in [-0.05, 0) is 56.3 Å². The first-order valence-corrected chi connectivity index (χ1v) is 10.7. The normalized spacial score (nSPS) is 14.7. The molecule has 5 rings (SSSR count). The molecule has 8 heteroatoms. The van der Waals surface area contributed by atoms with Crippen LogP contribution < -0.4 is 5.32 Å². The number of fused-ring (bicyclic) bond motifs is 1. The molecule has 4 aromatic rings. The summed E-state index contributed by atoms with van der Waals surface area (Å²) in [5.41, 5.74) is 3.90. The molecule has 1 amide bonds. The monoisotopic (exact) mass is 415 g/mol. The topological polar surface area (TPSA) is 91.7 Å². The molecule has 8 nitrogen and oxygen atoms in total. The zero-order valence-corrected chi connectivity index (χ0v) is 17.3. The number of hydrogen-bond donors (Lipinski definition) is 2. The Kier molecular flexibility index (Phi) is 5.45. The SMILES string of the molecule is O=C(NCCN1CCCCC1)c1ccc(-n2cc(-c3n[nH]c4ccccc34)nn2)cc1. The summed E-state index contributed by atoms with van der Waals surface area (Å²) in [7, 11) is 0. The van der Waals surface area contributed by atoms with E-state index in [0.717, 1.165) is 41.9 Å². The number of amides is 1. The van der Waals surface area contributed by atoms with Gasteiger partial charge in [0.05, 0.1) is 17.4 Å². The molecule has 2 aromatic carbocycles. The van der Waals surface area contributed by atoms with Crippen LogP contribution in [0.5, 0.6) is 0 Å². The average molecular weight is 416 g/mol. The molecule has 1 saturated heterocycles. The Hall–Kier alpha value is -3.52. The number of piperidine rings is 1. The second kappa shape index (κ2) is 8.69. The predicted octanol–water partition coefficient (Wildman–Crippen LogP) is 3.03. The van der Waals surface area contributed by atoms with Gasteiger partial charge in [-0.15, -0.1) is 5.10 Å². The zero-order valence-electron chi connectivity index (χ0n) is 17.3. The van der Waals surface area contributed by atoms with Crippen LogP contribution in [0, 0.1) is 0 Å². The van der Waals surface area contributed by atoms with Crippen molar-refractivity contribution in [3.8, 4) is 17.1 Å². The molecule has 1 fully saturated rings. The van der Waals surface area contributed by atoms with Crippen LogP contribution in [0.3, 0.4) is 0 Å². The van der Waals surface area contributed by atoms with Crippen LogP contribution >= 0.6 is 0 Å². The van der Waals surface area contributed by atoms with Gasteiger partial charge in [-0.25, -0.2) is 4.68 Å². The van der Waals surface area contributed by atoms with E-state index >= 15 is 0 Å². The summed E-state index contributed by atoms with van der Waals surface area (Å²) < 4.78 is 1.69. The number of carbonyl (C=O) groups is 1. The highest BCUT2D eigenvalue weighted by molar-refractivity contribution is 5.94. The van der Waals surface area contributed by atoms with Gasteiger partial charge in [-0.3, -0.25) is 9.89 Å². The summed E-state index contributed by atoms with van der Waals surface area (Å²) in [5.74, 6) is -0.0502. The van der Waals surface area contributed by atoms with Gasteiger partial charge in [0.2, 0.25) is 0 Å². The Morgan fingerprint density at radius 3 is 2.68 bits per heavy atom. The minimum atomic E-state index is -0.0502. The average Bonchev–Trinajstić information content (AvgIpc) is 3.47. The van der Waals surface area contributed by atoms with E-state index in [4.69, 9.17) is 0 Å². The van der Waals surface area contributed by atoms with Crippen LogP contribution in [-0.4, -0.2) is 62.2 Å². The maximum absolute atomic E-state index is 12.4. The van der Waals surface area contributed by atoms with Crippen molar-refractivity contribution in [1.82, 2.24) is 35.4 Å². The molecule has 0 unspecified atom stereocenters. The number of likely N-dealkylation sites (tertiary alicyclic amines) is 1. The first kappa shape index (κ1) is 19.4. The van der Waals surface area contributed by atoms with Crippen LogP contribution in [-0.2, 0) is 0 Å². The van der Waals surface area contributed by atoms with Crippen LogP contribution in [0.15, 0.2) is 54.7 Å². The smallest absolute Gasteiger partial charge is 0.251 e. The molecule has 0 spiro atoms. The summed E-state index contributed by atoms with van der Waals surface area (Å²) in [6.45, 7) is 3.86. The molecule has 2 aromatic heterocycles. The summed E-state index contributed by atoms with van der Waals surface area (Å²) in [6, 6.07) is 15.3. The Bertz CT molecular complexity index is 1170. The van der Waals surface area contributed by atoms with E-state index in [9.17, 15) is 4.79 Å². The van der Waals surface area contributed by atoms with Gasteiger partial charge >= 0.3 is 0 Å². The first-order chi connectivity index (χ1) is 15.3. The van der Waals surface area contributed by atoms with E-state index in [1.807, 2.05) is 54.7 Å². The highest BCUT2D eigenvalue weighted by Gasteiger charge is 2.13. The van der Waals surface area contributed by atoms with E-state index in [1.54, 1.807) is 4.68 Å². The Labute approximate surface area is 180 Å². The predicted molar refractivity (Wildman–Crippen MR) is 119 cm³/mol. The molecule has 1 aliphatic heterocycles. The van der Waals surface area contributed by atoms with Crippen molar-refractivity contribution in [2.45, 2.75) is 19.3 Å². The Balaban J connectivity index is 1.23. The molecule has 0 radical (unpaired) electrons. The van der Waals surface area contributed by atoms with Crippen LogP contribution in [0.4, 0.5) is 0 Å². The van der Waals surface area contributed by atoms with Gasteiger partial charge in [0.25, 0.3) is 5.91 Å². The fourth-order valence-corrected chi connectivity index (χ4v) is 4.04. The largest absolute Gasteiger partial charge is 0.351 e. The van der Waals surface area contributed by atoms with Crippen molar-refractivity contribution in [2.75, 3.05) is 26.2 Å². The minimum Gasteiger partial charge on any atom is -0.351 e. The number of nitrogens with one attached hydrogen (secondary N) is 2. The standard InChI is InChI=1S/C23H25N7O/c31-23(24-12-15-29-13-4-1-5-14-29)17-8-10-18(11-9-17)30-16-21(26-28-30)22-19-6-2-3-7-20(19)25-27-22/h2-3,6-11,16H,1,4-5,12-15H2,(H,24,31)(H,25,27). The first-order valence-electron chi connectivity index (χ1n) is 10.7. The van der Waals surface area contributed by atoms with Crippen molar-refractivity contribution >= 4 is 16.8 Å². The maximum Gasteiger partial charge on any atom is 0.251 e. The molecule has 158 valence electrons. The molecule has 2 N–H and O–H groups in total.